The molecular formula is C9H13NO4. The first-order chi connectivity index (χ1) is 6.65. The molecule has 0 amide bonds. The largest absolute Gasteiger partial charge is 0.387 e. The molecule has 1 aliphatic heterocycles. The van der Waals surface area contributed by atoms with Crippen LogP contribution in [0.1, 0.15) is 26.2 Å². The van der Waals surface area contributed by atoms with Gasteiger partial charge in [0, 0.05) is 6.42 Å². The Kier molecular flexibility index (Phi) is 3.76. The van der Waals surface area contributed by atoms with Gasteiger partial charge in [0.2, 0.25) is 0 Å². The Hall–Kier alpha value is -1.23. The van der Waals surface area contributed by atoms with Crippen LogP contribution < -0.4 is 5.32 Å². The van der Waals surface area contributed by atoms with Crippen LogP contribution >= 0.6 is 0 Å². The monoisotopic (exact) mass is 199 g/mol. The molecule has 0 aromatic carbocycles. The van der Waals surface area contributed by atoms with Crippen molar-refractivity contribution in [2.24, 2.45) is 0 Å². The molecule has 1 atom stereocenters. The summed E-state index contributed by atoms with van der Waals surface area (Å²) < 4.78 is 4.31. The lowest BCUT2D eigenvalue weighted by atomic mass is 10.1. The molecule has 0 aromatic rings. The quantitative estimate of drug-likeness (QED) is 0.386. The molecule has 1 aliphatic rings. The minimum absolute atomic E-state index is 0.0944. The van der Waals surface area contributed by atoms with Gasteiger partial charge >= 0.3 is 11.9 Å². The maximum absolute atomic E-state index is 11.3. The highest BCUT2D eigenvalue weighted by atomic mass is 16.6. The number of nitrogens with one attached hydrogen (secondary N) is 1. The highest BCUT2D eigenvalue weighted by Crippen LogP contribution is 2.06. The van der Waals surface area contributed by atoms with Crippen LogP contribution in [0.3, 0.4) is 0 Å². The molecule has 0 aliphatic carbocycles. The predicted octanol–water partition coefficient (Wildman–Crippen LogP) is -0.213. The third kappa shape index (κ3) is 2.63. The Bertz CT molecular complexity index is 256. The Morgan fingerprint density at radius 2 is 2.14 bits per heavy atom. The Morgan fingerprint density at radius 1 is 1.43 bits per heavy atom. The van der Waals surface area contributed by atoms with Gasteiger partial charge < -0.3 is 10.1 Å². The van der Waals surface area contributed by atoms with E-state index in [1.807, 2.05) is 0 Å². The lowest BCUT2D eigenvalue weighted by Gasteiger charge is -2.06. The molecule has 0 radical (unpaired) electrons. The molecule has 1 saturated heterocycles. The van der Waals surface area contributed by atoms with Gasteiger partial charge in [0.15, 0.2) is 0 Å². The molecular weight excluding hydrogens is 186 g/mol. The van der Waals surface area contributed by atoms with Crippen molar-refractivity contribution in [1.82, 2.24) is 5.32 Å². The van der Waals surface area contributed by atoms with Crippen LogP contribution in [0.2, 0.25) is 0 Å². The molecule has 0 bridgehead atoms. The summed E-state index contributed by atoms with van der Waals surface area (Å²) in [5, 5.41) is 2.87. The zero-order valence-corrected chi connectivity index (χ0v) is 8.04. The van der Waals surface area contributed by atoms with Crippen molar-refractivity contribution in [3.63, 3.8) is 0 Å². The third-order valence-electron chi connectivity index (χ3n) is 2.07. The number of hydrogen-bond donors (Lipinski definition) is 1. The van der Waals surface area contributed by atoms with E-state index in [0.29, 0.717) is 6.42 Å². The van der Waals surface area contributed by atoms with Crippen LogP contribution in [0, 0.1) is 0 Å². The first-order valence-electron chi connectivity index (χ1n) is 4.67. The van der Waals surface area contributed by atoms with Gasteiger partial charge in [0.05, 0.1) is 6.04 Å². The van der Waals surface area contributed by atoms with Crippen molar-refractivity contribution in [2.45, 2.75) is 32.2 Å². The van der Waals surface area contributed by atoms with Gasteiger partial charge in [-0.25, -0.2) is 4.79 Å². The van der Waals surface area contributed by atoms with Crippen LogP contribution in [0.25, 0.3) is 0 Å². The van der Waals surface area contributed by atoms with Crippen molar-refractivity contribution in [3.05, 3.63) is 0 Å². The van der Waals surface area contributed by atoms with Crippen LogP contribution in [0.4, 0.5) is 0 Å². The standard InChI is InChI=1S/C9H13NO4/c1-2-7(11)14-9(13)8(12)6-4-3-5-10-6/h6,10H,2-5H2,1H3. The minimum Gasteiger partial charge on any atom is -0.387 e. The molecule has 1 rings (SSSR count). The normalized spacial score (nSPS) is 20.5. The molecule has 14 heavy (non-hydrogen) atoms. The lowest BCUT2D eigenvalue weighted by molar-refractivity contribution is -0.164. The van der Waals surface area contributed by atoms with Crippen molar-refractivity contribution in [2.75, 3.05) is 6.54 Å². The zero-order valence-electron chi connectivity index (χ0n) is 8.04. The smallest absolute Gasteiger partial charge is 0.383 e. The SMILES string of the molecule is CCC(=O)OC(=O)C(=O)C1CCCN1. The summed E-state index contributed by atoms with van der Waals surface area (Å²) in [5.41, 5.74) is 0. The summed E-state index contributed by atoms with van der Waals surface area (Å²) in [6, 6.07) is -0.466. The lowest BCUT2D eigenvalue weighted by Crippen LogP contribution is -2.37. The van der Waals surface area contributed by atoms with E-state index in [2.05, 4.69) is 10.1 Å². The number of Topliss-reactive ketones (excluding diaryl/α,β-unsaturated/α-hetero) is 1. The van der Waals surface area contributed by atoms with E-state index in [1.165, 1.54) is 0 Å². The molecule has 0 saturated carbocycles. The van der Waals surface area contributed by atoms with E-state index < -0.39 is 23.8 Å². The third-order valence-corrected chi connectivity index (χ3v) is 2.07. The Balaban J connectivity index is 2.43. The second-order valence-corrected chi connectivity index (χ2v) is 3.13. The van der Waals surface area contributed by atoms with E-state index in [4.69, 9.17) is 0 Å². The van der Waals surface area contributed by atoms with Gasteiger partial charge in [-0.2, -0.15) is 0 Å². The summed E-state index contributed by atoms with van der Waals surface area (Å²) in [6.45, 7) is 2.29. The number of carbonyl (C=O) groups is 3. The van der Waals surface area contributed by atoms with Gasteiger partial charge in [0.1, 0.15) is 0 Å². The topological polar surface area (TPSA) is 72.5 Å². The molecule has 0 spiro atoms. The van der Waals surface area contributed by atoms with E-state index in [9.17, 15) is 14.4 Å². The van der Waals surface area contributed by atoms with Crippen LogP contribution in [0.5, 0.6) is 0 Å². The fourth-order valence-electron chi connectivity index (χ4n) is 1.28. The predicted molar refractivity (Wildman–Crippen MR) is 47.4 cm³/mol. The fraction of sp³-hybridized carbons (Fsp3) is 0.667. The summed E-state index contributed by atoms with van der Waals surface area (Å²) >= 11 is 0. The first-order valence-corrected chi connectivity index (χ1v) is 4.67. The maximum atomic E-state index is 11.3. The molecule has 78 valence electrons. The fourth-order valence-corrected chi connectivity index (χ4v) is 1.28. The van der Waals surface area contributed by atoms with Crippen molar-refractivity contribution in [1.29, 1.82) is 0 Å². The summed E-state index contributed by atoms with van der Waals surface area (Å²) in [6.07, 6.45) is 1.59. The second kappa shape index (κ2) is 4.85. The number of hydrogen-bond acceptors (Lipinski definition) is 5. The van der Waals surface area contributed by atoms with Gasteiger partial charge in [-0.3, -0.25) is 9.59 Å². The van der Waals surface area contributed by atoms with E-state index in [1.54, 1.807) is 6.92 Å². The summed E-state index contributed by atoms with van der Waals surface area (Å²) in [4.78, 5) is 33.1. The summed E-state index contributed by atoms with van der Waals surface area (Å²) in [7, 11) is 0. The minimum atomic E-state index is -1.05. The molecule has 0 aromatic heterocycles. The zero-order chi connectivity index (χ0) is 10.6. The number of ketones is 1. The molecule has 5 nitrogen and oxygen atoms in total. The number of esters is 2. The van der Waals surface area contributed by atoms with Crippen LogP contribution in [-0.2, 0) is 19.1 Å². The number of ether oxygens (including phenoxy) is 1. The highest BCUT2D eigenvalue weighted by molar-refractivity contribution is 6.37. The summed E-state index contributed by atoms with van der Waals surface area (Å²) in [5.74, 6) is -2.36. The van der Waals surface area contributed by atoms with E-state index in [-0.39, 0.29) is 6.42 Å². The Morgan fingerprint density at radius 3 is 2.64 bits per heavy atom. The first kappa shape index (κ1) is 10.8. The highest BCUT2D eigenvalue weighted by Gasteiger charge is 2.29. The van der Waals surface area contributed by atoms with Crippen molar-refractivity contribution >= 4 is 17.7 Å². The molecule has 1 unspecified atom stereocenters. The van der Waals surface area contributed by atoms with Gasteiger partial charge in [-0.05, 0) is 19.4 Å². The van der Waals surface area contributed by atoms with Gasteiger partial charge in [-0.15, -0.1) is 0 Å². The van der Waals surface area contributed by atoms with Crippen LogP contribution in [-0.4, -0.2) is 30.3 Å². The van der Waals surface area contributed by atoms with Gasteiger partial charge in [0.25, 0.3) is 5.78 Å². The number of rotatable bonds is 3. The van der Waals surface area contributed by atoms with Crippen molar-refractivity contribution < 1.29 is 19.1 Å². The molecule has 1 N–H and O–H groups in total. The Labute approximate surface area is 81.8 Å². The van der Waals surface area contributed by atoms with E-state index >= 15 is 0 Å². The average molecular weight is 199 g/mol. The molecule has 1 heterocycles. The average Bonchev–Trinajstić information content (AvgIpc) is 2.69. The maximum Gasteiger partial charge on any atom is 0.383 e. The second-order valence-electron chi connectivity index (χ2n) is 3.13. The van der Waals surface area contributed by atoms with Crippen molar-refractivity contribution in [3.8, 4) is 0 Å². The van der Waals surface area contributed by atoms with Crippen LogP contribution in [0.15, 0.2) is 0 Å². The molecule has 5 heteroatoms. The van der Waals surface area contributed by atoms with E-state index in [0.717, 1.165) is 13.0 Å². The number of carbonyl (C=O) groups excluding carboxylic acids is 3. The van der Waals surface area contributed by atoms with Gasteiger partial charge in [-0.1, -0.05) is 6.92 Å². The molecule has 1 fully saturated rings.